The summed E-state index contributed by atoms with van der Waals surface area (Å²) in [6.07, 6.45) is 3.89. The van der Waals surface area contributed by atoms with Gasteiger partial charge in [-0.15, -0.1) is 0 Å². The Hall–Kier alpha value is -2.61. The van der Waals surface area contributed by atoms with Crippen LogP contribution in [0, 0.1) is 0 Å². The van der Waals surface area contributed by atoms with E-state index in [0.29, 0.717) is 11.4 Å². The molecule has 2 aromatic heterocycles. The van der Waals surface area contributed by atoms with Crippen molar-refractivity contribution in [2.75, 3.05) is 12.8 Å². The summed E-state index contributed by atoms with van der Waals surface area (Å²) in [5.41, 5.74) is 7.24. The molecule has 7 nitrogen and oxygen atoms in total. The van der Waals surface area contributed by atoms with Gasteiger partial charge in [-0.25, -0.2) is 13.4 Å². The second-order valence-electron chi connectivity index (χ2n) is 6.33. The highest BCUT2D eigenvalue weighted by Gasteiger charge is 2.32. The lowest BCUT2D eigenvalue weighted by molar-refractivity contribution is 0.394. The number of nitrogens with two attached hydrogens (primary N) is 1. The Bertz CT molecular complexity index is 1050. The van der Waals surface area contributed by atoms with Crippen molar-refractivity contribution in [3.63, 3.8) is 0 Å². The number of fused-ring (bicyclic) bond motifs is 1. The van der Waals surface area contributed by atoms with E-state index >= 15 is 0 Å². The van der Waals surface area contributed by atoms with E-state index in [9.17, 15) is 8.42 Å². The van der Waals surface area contributed by atoms with Gasteiger partial charge in [0, 0.05) is 6.04 Å². The molecule has 0 aliphatic heterocycles. The summed E-state index contributed by atoms with van der Waals surface area (Å²) in [5.74, 6) is 0.490. The van der Waals surface area contributed by atoms with E-state index in [1.807, 2.05) is 11.5 Å². The number of sulfone groups is 1. The molecular formula is C19H24N4O3S. The van der Waals surface area contributed by atoms with E-state index in [2.05, 4.69) is 16.9 Å². The van der Waals surface area contributed by atoms with Gasteiger partial charge in [0.25, 0.3) is 0 Å². The third-order valence-electron chi connectivity index (χ3n) is 4.71. The lowest BCUT2D eigenvalue weighted by Gasteiger charge is -2.20. The van der Waals surface area contributed by atoms with Gasteiger partial charge in [-0.3, -0.25) is 0 Å². The molecule has 2 N–H and O–H groups in total. The molecule has 0 radical (unpaired) electrons. The summed E-state index contributed by atoms with van der Waals surface area (Å²) in [7, 11) is -2.35. The van der Waals surface area contributed by atoms with Crippen molar-refractivity contribution in [1.29, 1.82) is 0 Å². The topological polar surface area (TPSA) is 100 Å². The van der Waals surface area contributed by atoms with Crippen molar-refractivity contribution >= 4 is 26.7 Å². The van der Waals surface area contributed by atoms with E-state index in [0.717, 1.165) is 19.3 Å². The Labute approximate surface area is 159 Å². The fourth-order valence-corrected chi connectivity index (χ4v) is 4.99. The summed E-state index contributed by atoms with van der Waals surface area (Å²) in [4.78, 5) is 8.63. The molecule has 3 rings (SSSR count). The number of aromatic nitrogens is 3. The van der Waals surface area contributed by atoms with Crippen molar-refractivity contribution < 1.29 is 13.2 Å². The highest BCUT2D eigenvalue weighted by atomic mass is 32.2. The minimum absolute atomic E-state index is 0.0129. The molecule has 0 bridgehead atoms. The van der Waals surface area contributed by atoms with Gasteiger partial charge >= 0.3 is 0 Å². The zero-order valence-electron chi connectivity index (χ0n) is 15.7. The summed E-state index contributed by atoms with van der Waals surface area (Å²) in [6.45, 7) is 4.13. The van der Waals surface area contributed by atoms with Crippen LogP contribution in [0.25, 0.3) is 11.0 Å². The monoisotopic (exact) mass is 388 g/mol. The molecule has 0 spiro atoms. The minimum Gasteiger partial charge on any atom is -0.479 e. The largest absolute Gasteiger partial charge is 0.479 e. The normalized spacial score (nSPS) is 13.0. The van der Waals surface area contributed by atoms with Crippen molar-refractivity contribution in [2.24, 2.45) is 0 Å². The van der Waals surface area contributed by atoms with Crippen LogP contribution in [0.3, 0.4) is 0 Å². The highest BCUT2D eigenvalue weighted by molar-refractivity contribution is 7.92. The number of ether oxygens (including phenoxy) is 1. The maximum Gasteiger partial charge on any atom is 0.241 e. The van der Waals surface area contributed by atoms with Gasteiger partial charge in [-0.2, -0.15) is 4.98 Å². The van der Waals surface area contributed by atoms with Crippen molar-refractivity contribution in [1.82, 2.24) is 14.5 Å². The Balaban J connectivity index is 2.40. The molecule has 0 aliphatic rings. The Kier molecular flexibility index (Phi) is 5.36. The third-order valence-corrected chi connectivity index (χ3v) is 6.54. The van der Waals surface area contributed by atoms with Crippen LogP contribution in [-0.4, -0.2) is 30.1 Å². The van der Waals surface area contributed by atoms with Crippen molar-refractivity contribution in [3.05, 3.63) is 36.7 Å². The molecule has 0 saturated heterocycles. The molecule has 1 atom stereocenters. The maximum atomic E-state index is 13.4. The van der Waals surface area contributed by atoms with Crippen LogP contribution in [-0.2, 0) is 9.84 Å². The lowest BCUT2D eigenvalue weighted by Crippen LogP contribution is -2.13. The number of hydrogen-bond acceptors (Lipinski definition) is 6. The fraction of sp³-hybridized carbons (Fsp3) is 0.368. The first-order valence-corrected chi connectivity index (χ1v) is 10.4. The van der Waals surface area contributed by atoms with E-state index < -0.39 is 9.84 Å². The van der Waals surface area contributed by atoms with Crippen LogP contribution in [0.4, 0.5) is 5.82 Å². The number of rotatable bonds is 7. The molecule has 3 aromatic rings. The van der Waals surface area contributed by atoms with E-state index in [4.69, 9.17) is 10.5 Å². The summed E-state index contributed by atoms with van der Waals surface area (Å²) < 4.78 is 33.9. The summed E-state index contributed by atoms with van der Waals surface area (Å²) in [6, 6.07) is 8.27. The molecule has 0 amide bonds. The van der Waals surface area contributed by atoms with Crippen LogP contribution < -0.4 is 10.5 Å². The highest BCUT2D eigenvalue weighted by Crippen LogP contribution is 2.41. The van der Waals surface area contributed by atoms with Crippen LogP contribution >= 0.6 is 0 Å². The molecule has 1 aromatic carbocycles. The molecule has 144 valence electrons. The molecule has 0 aliphatic carbocycles. The number of nitrogen functional groups attached to an aromatic ring is 1. The van der Waals surface area contributed by atoms with Gasteiger partial charge in [-0.1, -0.05) is 38.5 Å². The van der Waals surface area contributed by atoms with Gasteiger partial charge in [-0.05, 0) is 25.0 Å². The summed E-state index contributed by atoms with van der Waals surface area (Å²) in [5, 5.41) is 0. The molecular weight excluding hydrogens is 364 g/mol. The maximum absolute atomic E-state index is 13.4. The fourth-order valence-electron chi connectivity index (χ4n) is 3.46. The van der Waals surface area contributed by atoms with E-state index in [1.54, 1.807) is 30.3 Å². The van der Waals surface area contributed by atoms with Crippen molar-refractivity contribution in [2.45, 2.75) is 48.9 Å². The number of nitrogens with zero attached hydrogens (tertiary/aromatic N) is 3. The average Bonchev–Trinajstić information content (AvgIpc) is 2.99. The number of methoxy groups -OCH3 is 1. The second kappa shape index (κ2) is 7.56. The number of benzene rings is 1. The smallest absolute Gasteiger partial charge is 0.241 e. The number of anilines is 1. The quantitative estimate of drug-likeness (QED) is 0.664. The van der Waals surface area contributed by atoms with E-state index in [1.165, 1.54) is 13.4 Å². The van der Waals surface area contributed by atoms with Gasteiger partial charge in [0.1, 0.15) is 28.1 Å². The first-order chi connectivity index (χ1) is 13.0. The Morgan fingerprint density at radius 2 is 1.89 bits per heavy atom. The van der Waals surface area contributed by atoms with Crippen LogP contribution in [0.5, 0.6) is 5.88 Å². The Morgan fingerprint density at radius 3 is 2.48 bits per heavy atom. The molecule has 0 fully saturated rings. The Morgan fingerprint density at radius 1 is 1.19 bits per heavy atom. The second-order valence-corrected chi connectivity index (χ2v) is 8.22. The predicted octanol–water partition coefficient (Wildman–Crippen LogP) is 3.61. The van der Waals surface area contributed by atoms with Crippen LogP contribution in [0.1, 0.15) is 39.2 Å². The standard InChI is InChI=1S/C19H24N4O3S/c1-4-9-13(5-2)23-16-15(21-12-22-19(16)26-3)17(18(23)20)27(24,25)14-10-7-6-8-11-14/h6-8,10-13H,4-5,9,20H2,1-3H3. The molecule has 1 unspecified atom stereocenters. The molecule has 0 saturated carbocycles. The first-order valence-electron chi connectivity index (χ1n) is 8.95. The molecule has 27 heavy (non-hydrogen) atoms. The molecule has 8 heteroatoms. The van der Waals surface area contributed by atoms with Crippen LogP contribution in [0.15, 0.2) is 46.5 Å². The SMILES string of the molecule is CCCC(CC)n1c(N)c(S(=O)(=O)c2ccccc2)c2ncnc(OC)c21. The van der Waals surface area contributed by atoms with E-state index in [-0.39, 0.29) is 27.2 Å². The molecule has 2 heterocycles. The van der Waals surface area contributed by atoms with Gasteiger partial charge in [0.05, 0.1) is 12.0 Å². The lowest BCUT2D eigenvalue weighted by atomic mass is 10.1. The average molecular weight is 388 g/mol. The minimum atomic E-state index is -3.85. The number of hydrogen-bond donors (Lipinski definition) is 1. The van der Waals surface area contributed by atoms with Gasteiger partial charge < -0.3 is 15.0 Å². The zero-order valence-corrected chi connectivity index (χ0v) is 16.5. The zero-order chi connectivity index (χ0) is 19.6. The van der Waals surface area contributed by atoms with Crippen LogP contribution in [0.2, 0.25) is 0 Å². The van der Waals surface area contributed by atoms with Crippen molar-refractivity contribution in [3.8, 4) is 5.88 Å². The van der Waals surface area contributed by atoms with Gasteiger partial charge in [0.2, 0.25) is 15.7 Å². The third kappa shape index (κ3) is 3.14. The predicted molar refractivity (Wildman–Crippen MR) is 105 cm³/mol. The summed E-state index contributed by atoms with van der Waals surface area (Å²) >= 11 is 0. The first kappa shape index (κ1) is 19.2. The van der Waals surface area contributed by atoms with Gasteiger partial charge in [0.15, 0.2) is 0 Å².